The van der Waals surface area contributed by atoms with E-state index in [1.165, 1.54) is 0 Å². The maximum atomic E-state index is 12.4. The van der Waals surface area contributed by atoms with Crippen molar-refractivity contribution in [3.63, 3.8) is 0 Å². The van der Waals surface area contributed by atoms with Crippen molar-refractivity contribution in [3.05, 3.63) is 60.2 Å². The van der Waals surface area contributed by atoms with Gasteiger partial charge in [0.15, 0.2) is 0 Å². The minimum atomic E-state index is -0.536. The van der Waals surface area contributed by atoms with Crippen LogP contribution in [0.15, 0.2) is 54.6 Å². The zero-order valence-electron chi connectivity index (χ0n) is 19.1. The van der Waals surface area contributed by atoms with Crippen LogP contribution in [0, 0.1) is 0 Å². The molecule has 1 aliphatic heterocycles. The monoisotopic (exact) mass is 455 g/mol. The van der Waals surface area contributed by atoms with E-state index in [4.69, 9.17) is 9.47 Å². The second kappa shape index (κ2) is 12.2. The molecule has 0 saturated carbocycles. The van der Waals surface area contributed by atoms with Gasteiger partial charge in [-0.1, -0.05) is 30.3 Å². The topological polar surface area (TPSA) is 109 Å². The second-order valence-electron chi connectivity index (χ2n) is 8.48. The van der Waals surface area contributed by atoms with E-state index in [1.54, 1.807) is 0 Å². The molecule has 0 aromatic heterocycles. The van der Waals surface area contributed by atoms with E-state index in [-0.39, 0.29) is 43.2 Å². The first-order chi connectivity index (χ1) is 15.9. The minimum absolute atomic E-state index is 0.0196. The number of carbonyl (C=O) groups is 2. The lowest BCUT2D eigenvalue weighted by atomic mass is 9.97. The molecule has 3 rings (SSSR count). The van der Waals surface area contributed by atoms with Crippen molar-refractivity contribution < 1.29 is 24.2 Å². The van der Waals surface area contributed by atoms with E-state index in [0.29, 0.717) is 19.4 Å². The van der Waals surface area contributed by atoms with Gasteiger partial charge in [-0.2, -0.15) is 0 Å². The Hall–Kier alpha value is -3.10. The maximum Gasteiger partial charge on any atom is 0.315 e. The lowest BCUT2D eigenvalue weighted by Gasteiger charge is -2.36. The average molecular weight is 456 g/mol. The molecule has 0 spiro atoms. The van der Waals surface area contributed by atoms with Crippen LogP contribution in [0.2, 0.25) is 0 Å². The Bertz CT molecular complexity index is 889. The minimum Gasteiger partial charge on any atom is -0.457 e. The van der Waals surface area contributed by atoms with Crippen LogP contribution < -0.4 is 20.7 Å². The van der Waals surface area contributed by atoms with E-state index in [2.05, 4.69) is 16.0 Å². The van der Waals surface area contributed by atoms with E-state index in [9.17, 15) is 14.7 Å². The molecule has 178 valence electrons. The third kappa shape index (κ3) is 8.07. The SMILES string of the molecule is CC(C)NC(=O)N[C@H]1CC[C@@H](CC(=O)NCc2ccc(Oc3ccccc3)cc2)O[C@H]1CO. The summed E-state index contributed by atoms with van der Waals surface area (Å²) in [5, 5.41) is 18.2. The average Bonchev–Trinajstić information content (AvgIpc) is 2.80. The summed E-state index contributed by atoms with van der Waals surface area (Å²) < 4.78 is 11.7. The number of urea groups is 1. The fourth-order valence-electron chi connectivity index (χ4n) is 3.70. The molecule has 0 aliphatic carbocycles. The van der Waals surface area contributed by atoms with E-state index in [0.717, 1.165) is 17.1 Å². The summed E-state index contributed by atoms with van der Waals surface area (Å²) in [4.78, 5) is 24.4. The molecule has 1 saturated heterocycles. The number of ether oxygens (including phenoxy) is 2. The van der Waals surface area contributed by atoms with Gasteiger partial charge in [0.2, 0.25) is 5.91 Å². The third-order valence-electron chi connectivity index (χ3n) is 5.34. The molecule has 0 bridgehead atoms. The molecular formula is C25H33N3O5. The van der Waals surface area contributed by atoms with E-state index < -0.39 is 6.10 Å². The smallest absolute Gasteiger partial charge is 0.315 e. The van der Waals surface area contributed by atoms with Crippen molar-refractivity contribution in [1.82, 2.24) is 16.0 Å². The van der Waals surface area contributed by atoms with E-state index in [1.807, 2.05) is 68.4 Å². The van der Waals surface area contributed by atoms with Crippen molar-refractivity contribution in [3.8, 4) is 11.5 Å². The van der Waals surface area contributed by atoms with Crippen LogP contribution in [0.25, 0.3) is 0 Å². The zero-order chi connectivity index (χ0) is 23.6. The Labute approximate surface area is 194 Å². The molecule has 3 atom stereocenters. The third-order valence-corrected chi connectivity index (χ3v) is 5.34. The van der Waals surface area contributed by atoms with Gasteiger partial charge in [-0.05, 0) is 56.5 Å². The summed E-state index contributed by atoms with van der Waals surface area (Å²) in [5.41, 5.74) is 0.960. The van der Waals surface area contributed by atoms with Crippen LogP contribution in [-0.4, -0.2) is 47.9 Å². The van der Waals surface area contributed by atoms with Crippen LogP contribution in [-0.2, 0) is 16.1 Å². The van der Waals surface area contributed by atoms with Gasteiger partial charge in [0, 0.05) is 12.6 Å². The predicted molar refractivity (Wildman–Crippen MR) is 125 cm³/mol. The number of rotatable bonds is 9. The molecule has 2 aromatic rings. The van der Waals surface area contributed by atoms with Crippen molar-refractivity contribution in [2.45, 2.75) is 63.9 Å². The molecule has 1 fully saturated rings. The van der Waals surface area contributed by atoms with Gasteiger partial charge in [-0.3, -0.25) is 4.79 Å². The number of hydrogen-bond acceptors (Lipinski definition) is 5. The Morgan fingerprint density at radius 1 is 1.06 bits per heavy atom. The van der Waals surface area contributed by atoms with Gasteiger partial charge < -0.3 is 30.5 Å². The highest BCUT2D eigenvalue weighted by molar-refractivity contribution is 5.76. The summed E-state index contributed by atoms with van der Waals surface area (Å²) in [6.45, 7) is 3.94. The molecule has 8 heteroatoms. The number of nitrogens with one attached hydrogen (secondary N) is 3. The lowest BCUT2D eigenvalue weighted by Crippen LogP contribution is -2.54. The molecule has 3 amide bonds. The largest absolute Gasteiger partial charge is 0.457 e. The van der Waals surface area contributed by atoms with Gasteiger partial charge >= 0.3 is 6.03 Å². The Balaban J connectivity index is 1.41. The predicted octanol–water partition coefficient (Wildman–Crippen LogP) is 3.10. The number of para-hydroxylation sites is 1. The molecule has 0 unspecified atom stereocenters. The summed E-state index contributed by atoms with van der Waals surface area (Å²) in [7, 11) is 0. The van der Waals surface area contributed by atoms with Crippen molar-refractivity contribution in [2.75, 3.05) is 6.61 Å². The number of aliphatic hydroxyl groups excluding tert-OH is 1. The normalized spacial score (nSPS) is 20.2. The van der Waals surface area contributed by atoms with Crippen LogP contribution in [0.1, 0.15) is 38.7 Å². The number of hydrogen-bond donors (Lipinski definition) is 4. The molecule has 1 heterocycles. The summed E-state index contributed by atoms with van der Waals surface area (Å²) in [6.07, 6.45) is 0.637. The van der Waals surface area contributed by atoms with E-state index >= 15 is 0 Å². The number of benzene rings is 2. The van der Waals surface area contributed by atoms with Gasteiger partial charge in [-0.15, -0.1) is 0 Å². The lowest BCUT2D eigenvalue weighted by molar-refractivity contribution is -0.130. The first-order valence-electron chi connectivity index (χ1n) is 11.3. The fourth-order valence-corrected chi connectivity index (χ4v) is 3.70. The van der Waals surface area contributed by atoms with Gasteiger partial charge in [0.05, 0.1) is 25.2 Å². The van der Waals surface area contributed by atoms with Gasteiger partial charge in [-0.25, -0.2) is 4.79 Å². The molecular weight excluding hydrogens is 422 g/mol. The standard InChI is InChI=1S/C25H33N3O5/c1-17(2)27-25(31)28-22-13-12-21(33-23(22)16-29)14-24(30)26-15-18-8-10-20(11-9-18)32-19-6-4-3-5-7-19/h3-11,17,21-23,29H,12-16H2,1-2H3,(H,26,30)(H2,27,28,31)/t21-,22-,23-/m0/s1. The highest BCUT2D eigenvalue weighted by atomic mass is 16.5. The maximum absolute atomic E-state index is 12.4. The van der Waals surface area contributed by atoms with Gasteiger partial charge in [0.25, 0.3) is 0 Å². The molecule has 4 N–H and O–H groups in total. The first-order valence-corrected chi connectivity index (χ1v) is 11.3. The summed E-state index contributed by atoms with van der Waals surface area (Å²) in [5.74, 6) is 1.38. The van der Waals surface area contributed by atoms with Crippen molar-refractivity contribution >= 4 is 11.9 Å². The Kier molecular flexibility index (Phi) is 9.09. The molecule has 8 nitrogen and oxygen atoms in total. The quantitative estimate of drug-likeness (QED) is 0.465. The van der Waals surface area contributed by atoms with Crippen LogP contribution >= 0.6 is 0 Å². The molecule has 2 aromatic carbocycles. The Morgan fingerprint density at radius 3 is 2.42 bits per heavy atom. The van der Waals surface area contributed by atoms with Crippen LogP contribution in [0.5, 0.6) is 11.5 Å². The van der Waals surface area contributed by atoms with Gasteiger partial charge in [0.1, 0.15) is 17.6 Å². The summed E-state index contributed by atoms with van der Waals surface area (Å²) in [6, 6.07) is 16.6. The highest BCUT2D eigenvalue weighted by Gasteiger charge is 2.32. The molecule has 1 aliphatic rings. The fraction of sp³-hybridized carbons (Fsp3) is 0.440. The highest BCUT2D eigenvalue weighted by Crippen LogP contribution is 2.23. The van der Waals surface area contributed by atoms with Crippen LogP contribution in [0.4, 0.5) is 4.79 Å². The Morgan fingerprint density at radius 2 is 1.76 bits per heavy atom. The zero-order valence-corrected chi connectivity index (χ0v) is 19.1. The molecule has 33 heavy (non-hydrogen) atoms. The number of amides is 3. The number of carbonyl (C=O) groups excluding carboxylic acids is 2. The van der Waals surface area contributed by atoms with Crippen LogP contribution in [0.3, 0.4) is 0 Å². The number of aliphatic hydroxyl groups is 1. The second-order valence-corrected chi connectivity index (χ2v) is 8.48. The van der Waals surface area contributed by atoms with Crippen molar-refractivity contribution in [1.29, 1.82) is 0 Å². The molecule has 0 radical (unpaired) electrons. The first kappa shape index (κ1) is 24.5. The van der Waals surface area contributed by atoms with Crippen molar-refractivity contribution in [2.24, 2.45) is 0 Å². The summed E-state index contributed by atoms with van der Waals surface area (Å²) >= 11 is 0.